The molecule has 4 nitrogen and oxygen atoms in total. The van der Waals surface area contributed by atoms with E-state index in [1.54, 1.807) is 0 Å². The molecule has 0 radical (unpaired) electrons. The molecule has 0 saturated heterocycles. The van der Waals surface area contributed by atoms with Gasteiger partial charge >= 0.3 is 0 Å². The van der Waals surface area contributed by atoms with Gasteiger partial charge in [0, 0.05) is 27.1 Å². The van der Waals surface area contributed by atoms with E-state index in [4.69, 9.17) is 14.4 Å². The molecule has 4 aromatic carbocycles. The van der Waals surface area contributed by atoms with E-state index in [1.807, 2.05) is 36.4 Å². The van der Waals surface area contributed by atoms with Crippen molar-refractivity contribution in [1.29, 1.82) is 0 Å². The molecule has 7 aromatic rings. The summed E-state index contributed by atoms with van der Waals surface area (Å²) < 4.78 is 8.98. The van der Waals surface area contributed by atoms with Gasteiger partial charge in [-0.3, -0.25) is 4.57 Å². The van der Waals surface area contributed by atoms with Crippen LogP contribution in [-0.2, 0) is 10.8 Å². The highest BCUT2D eigenvalue weighted by Crippen LogP contribution is 2.59. The predicted molar refractivity (Wildman–Crippen MR) is 171 cm³/mol. The molecule has 0 aliphatic heterocycles. The minimum Gasteiger partial charge on any atom is -0.450 e. The Morgan fingerprint density at radius 2 is 1.50 bits per heavy atom. The van der Waals surface area contributed by atoms with Crippen molar-refractivity contribution in [2.45, 2.75) is 31.6 Å². The van der Waals surface area contributed by atoms with Crippen LogP contribution in [0.1, 0.15) is 31.9 Å². The van der Waals surface area contributed by atoms with Crippen molar-refractivity contribution in [3.63, 3.8) is 0 Å². The highest BCUT2D eigenvalue weighted by atomic mass is 16.3. The molecule has 0 N–H and O–H groups in total. The smallest absolute Gasteiger partial charge is 0.197 e. The van der Waals surface area contributed by atoms with E-state index in [0.29, 0.717) is 17.3 Å². The summed E-state index contributed by atoms with van der Waals surface area (Å²) >= 11 is 0. The predicted octanol–water partition coefficient (Wildman–Crippen LogP) is 9.43. The van der Waals surface area contributed by atoms with Gasteiger partial charge in [-0.1, -0.05) is 118 Å². The Morgan fingerprint density at radius 1 is 0.738 bits per heavy atom. The Balaban J connectivity index is 1.50. The second kappa shape index (κ2) is 8.07. The lowest BCUT2D eigenvalue weighted by Gasteiger charge is -2.36. The molecule has 2 unspecified atom stereocenters. The average Bonchev–Trinajstić information content (AvgIpc) is 3.62. The summed E-state index contributed by atoms with van der Waals surface area (Å²) in [7, 11) is 0. The van der Waals surface area contributed by atoms with Gasteiger partial charge in [0.1, 0.15) is 11.1 Å². The number of benzene rings is 4. The lowest BCUT2D eigenvalue weighted by molar-refractivity contribution is 0.324. The zero-order chi connectivity index (χ0) is 28.2. The Morgan fingerprint density at radius 3 is 2.36 bits per heavy atom. The first-order chi connectivity index (χ1) is 20.5. The Bertz CT molecular complexity index is 2300. The molecule has 202 valence electrons. The van der Waals surface area contributed by atoms with Crippen LogP contribution in [0.15, 0.2) is 120 Å². The highest BCUT2D eigenvalue weighted by Gasteiger charge is 2.53. The van der Waals surface area contributed by atoms with E-state index >= 15 is 0 Å². The molecule has 0 bridgehead atoms. The summed E-state index contributed by atoms with van der Waals surface area (Å²) in [6, 6.07) is 31.8. The average molecular weight is 544 g/mol. The van der Waals surface area contributed by atoms with Crippen molar-refractivity contribution in [3.05, 3.63) is 126 Å². The standard InChI is InChI=1S/C38H29N3O/c1-37(2)27-21-20-25-24-15-7-9-17-28(24)41(33(25)31(27)38(3)22-12-11-19-30(37)38)36-34-32(26-16-8-10-18-29(26)42-34)39-35(40-36)23-13-5-4-6-14-23/h4-22,30H,1-3H3. The molecule has 0 spiro atoms. The fourth-order valence-corrected chi connectivity index (χ4v) is 7.93. The fraction of sp³-hybridized carbons (Fsp3) is 0.158. The van der Waals surface area contributed by atoms with Gasteiger partial charge in [-0.15, -0.1) is 0 Å². The topological polar surface area (TPSA) is 43.9 Å². The van der Waals surface area contributed by atoms with Gasteiger partial charge in [-0.05, 0) is 40.7 Å². The van der Waals surface area contributed by atoms with E-state index in [2.05, 4.69) is 104 Å². The molecular formula is C38H29N3O. The number of aromatic nitrogens is 3. The van der Waals surface area contributed by atoms with Crippen molar-refractivity contribution in [2.75, 3.05) is 0 Å². The minimum atomic E-state index is -0.165. The van der Waals surface area contributed by atoms with Crippen LogP contribution in [0, 0.1) is 5.92 Å². The van der Waals surface area contributed by atoms with Gasteiger partial charge < -0.3 is 4.42 Å². The molecule has 4 heteroatoms. The number of allylic oxidation sites excluding steroid dienone is 4. The summed E-state index contributed by atoms with van der Waals surface area (Å²) in [5, 5.41) is 3.43. The third kappa shape index (κ3) is 2.91. The lowest BCUT2D eigenvalue weighted by Crippen LogP contribution is -2.34. The van der Waals surface area contributed by atoms with Crippen LogP contribution in [0.2, 0.25) is 0 Å². The number of hydrogen-bond donors (Lipinski definition) is 0. The number of fused-ring (bicyclic) bond motifs is 10. The van der Waals surface area contributed by atoms with Crippen molar-refractivity contribution in [2.24, 2.45) is 5.92 Å². The van der Waals surface area contributed by atoms with Crippen molar-refractivity contribution in [3.8, 4) is 17.2 Å². The zero-order valence-electron chi connectivity index (χ0n) is 23.8. The first-order valence-corrected chi connectivity index (χ1v) is 14.6. The summed E-state index contributed by atoms with van der Waals surface area (Å²) in [5.74, 6) is 1.81. The third-order valence-corrected chi connectivity index (χ3v) is 9.80. The van der Waals surface area contributed by atoms with E-state index in [9.17, 15) is 0 Å². The van der Waals surface area contributed by atoms with Gasteiger partial charge in [0.25, 0.3) is 0 Å². The van der Waals surface area contributed by atoms with Crippen molar-refractivity contribution in [1.82, 2.24) is 14.5 Å². The fourth-order valence-electron chi connectivity index (χ4n) is 7.93. The summed E-state index contributed by atoms with van der Waals surface area (Å²) in [6.45, 7) is 7.18. The highest BCUT2D eigenvalue weighted by molar-refractivity contribution is 6.13. The summed E-state index contributed by atoms with van der Waals surface area (Å²) in [6.07, 6.45) is 9.22. The van der Waals surface area contributed by atoms with Gasteiger partial charge in [0.15, 0.2) is 17.2 Å². The molecule has 3 heterocycles. The molecule has 0 amide bonds. The largest absolute Gasteiger partial charge is 0.450 e. The van der Waals surface area contributed by atoms with Gasteiger partial charge in [0.2, 0.25) is 0 Å². The van der Waals surface area contributed by atoms with Gasteiger partial charge in [-0.25, -0.2) is 9.97 Å². The summed E-state index contributed by atoms with van der Waals surface area (Å²) in [4.78, 5) is 10.4. The third-order valence-electron chi connectivity index (χ3n) is 9.80. The molecule has 0 saturated carbocycles. The van der Waals surface area contributed by atoms with Crippen molar-refractivity contribution >= 4 is 43.9 Å². The number of nitrogens with zero attached hydrogens (tertiary/aromatic N) is 3. The minimum absolute atomic E-state index is 0.0314. The van der Waals surface area contributed by atoms with Crippen LogP contribution in [0.3, 0.4) is 0 Å². The molecule has 2 atom stereocenters. The molecule has 42 heavy (non-hydrogen) atoms. The first-order valence-electron chi connectivity index (χ1n) is 14.6. The molecule has 3 aromatic heterocycles. The van der Waals surface area contributed by atoms with Gasteiger partial charge in [-0.2, -0.15) is 0 Å². The van der Waals surface area contributed by atoms with Crippen LogP contribution in [0.4, 0.5) is 0 Å². The lowest BCUT2D eigenvalue weighted by atomic mass is 9.67. The van der Waals surface area contributed by atoms with E-state index in [0.717, 1.165) is 33.4 Å². The normalized spacial score (nSPS) is 20.6. The maximum Gasteiger partial charge on any atom is 0.197 e. The maximum atomic E-state index is 6.62. The Kier molecular flexibility index (Phi) is 4.56. The molecule has 2 aliphatic rings. The van der Waals surface area contributed by atoms with E-state index in [-0.39, 0.29) is 10.8 Å². The van der Waals surface area contributed by atoms with E-state index < -0.39 is 0 Å². The molecule has 0 fully saturated rings. The SMILES string of the molecule is CC1(C)c2ccc3c4ccccc4n(-c4nc(-c5ccccc5)nc5c4oc4ccccc45)c3c2C2(C)C=CC=CC12. The number of furan rings is 1. The van der Waals surface area contributed by atoms with Crippen LogP contribution in [0.5, 0.6) is 0 Å². The quantitative estimate of drug-likeness (QED) is 0.218. The van der Waals surface area contributed by atoms with Crippen LogP contribution in [0.25, 0.3) is 61.1 Å². The Hall–Kier alpha value is -4.96. The number of hydrogen-bond acceptors (Lipinski definition) is 3. The second-order valence-corrected chi connectivity index (χ2v) is 12.5. The van der Waals surface area contributed by atoms with Crippen LogP contribution < -0.4 is 0 Å². The van der Waals surface area contributed by atoms with Crippen molar-refractivity contribution < 1.29 is 4.42 Å². The van der Waals surface area contributed by atoms with Gasteiger partial charge in [0.05, 0.1) is 11.0 Å². The summed E-state index contributed by atoms with van der Waals surface area (Å²) in [5.41, 5.74) is 8.20. The zero-order valence-corrected chi connectivity index (χ0v) is 23.8. The molecular weight excluding hydrogens is 514 g/mol. The number of para-hydroxylation sites is 2. The molecule has 9 rings (SSSR count). The number of rotatable bonds is 2. The van der Waals surface area contributed by atoms with Crippen LogP contribution in [-0.4, -0.2) is 14.5 Å². The maximum absolute atomic E-state index is 6.62. The van der Waals surface area contributed by atoms with E-state index in [1.165, 1.54) is 27.4 Å². The second-order valence-electron chi connectivity index (χ2n) is 12.5. The van der Waals surface area contributed by atoms with Crippen LogP contribution >= 0.6 is 0 Å². The monoisotopic (exact) mass is 543 g/mol. The molecule has 2 aliphatic carbocycles. The first kappa shape index (κ1) is 23.7. The Labute approximate surface area is 243 Å².